The van der Waals surface area contributed by atoms with Gasteiger partial charge in [0.05, 0.1) is 10.2 Å². The number of carbonyl (C=O) groups excluding carboxylic acids is 1. The average molecular weight is 314 g/mol. The molecule has 1 aliphatic rings. The molecule has 1 saturated heterocycles. The lowest BCUT2D eigenvalue weighted by Crippen LogP contribution is -2.41. The van der Waals surface area contributed by atoms with Crippen molar-refractivity contribution in [1.82, 2.24) is 14.7 Å². The number of halogens is 1. The maximum Gasteiger partial charge on any atom is 0.247 e. The van der Waals surface area contributed by atoms with Crippen molar-refractivity contribution < 1.29 is 4.79 Å². The lowest BCUT2D eigenvalue weighted by molar-refractivity contribution is -0.135. The Morgan fingerprint density at radius 3 is 2.61 bits per heavy atom. The molecule has 2 heterocycles. The normalized spacial score (nSPS) is 19.0. The number of aromatic nitrogens is 2. The van der Waals surface area contributed by atoms with E-state index in [1.165, 1.54) is 0 Å². The summed E-state index contributed by atoms with van der Waals surface area (Å²) in [6.07, 6.45) is 4.10. The first kappa shape index (κ1) is 13.6. The molecule has 1 aromatic heterocycles. The average Bonchev–Trinajstić information content (AvgIpc) is 2.69. The zero-order valence-electron chi connectivity index (χ0n) is 11.2. The van der Waals surface area contributed by atoms with Gasteiger partial charge in [-0.3, -0.25) is 9.48 Å². The fourth-order valence-corrected chi connectivity index (χ4v) is 2.55. The first-order valence-corrected chi connectivity index (χ1v) is 7.28. The smallest absolute Gasteiger partial charge is 0.247 e. The Morgan fingerprint density at radius 2 is 2.11 bits per heavy atom. The van der Waals surface area contributed by atoms with Crippen LogP contribution in [0.5, 0.6) is 0 Å². The minimum Gasteiger partial charge on any atom is -0.341 e. The molecule has 1 atom stereocenters. The standard InChI is InChI=1S/C13H20BrN3O/c1-9-4-6-16(7-5-9)13(18)11(3)17-8-12(14)10(2)15-17/h8-9,11H,4-7H2,1-3H3. The van der Waals surface area contributed by atoms with Crippen LogP contribution in [0.3, 0.4) is 0 Å². The van der Waals surface area contributed by atoms with Gasteiger partial charge < -0.3 is 4.90 Å². The second kappa shape index (κ2) is 5.43. The Kier molecular flexibility index (Phi) is 4.10. The summed E-state index contributed by atoms with van der Waals surface area (Å²) in [7, 11) is 0. The van der Waals surface area contributed by atoms with E-state index in [9.17, 15) is 4.79 Å². The monoisotopic (exact) mass is 313 g/mol. The summed E-state index contributed by atoms with van der Waals surface area (Å²) in [5, 5.41) is 4.36. The number of hydrogen-bond acceptors (Lipinski definition) is 2. The minimum atomic E-state index is -0.219. The minimum absolute atomic E-state index is 0.178. The fourth-order valence-electron chi connectivity index (χ4n) is 2.26. The zero-order chi connectivity index (χ0) is 13.3. The van der Waals surface area contributed by atoms with E-state index < -0.39 is 0 Å². The van der Waals surface area contributed by atoms with Gasteiger partial charge in [-0.05, 0) is 48.5 Å². The zero-order valence-corrected chi connectivity index (χ0v) is 12.8. The number of amides is 1. The molecule has 0 N–H and O–H groups in total. The van der Waals surface area contributed by atoms with E-state index in [2.05, 4.69) is 28.0 Å². The molecule has 1 aromatic rings. The van der Waals surface area contributed by atoms with Gasteiger partial charge in [0.15, 0.2) is 0 Å². The van der Waals surface area contributed by atoms with Crippen LogP contribution in [-0.4, -0.2) is 33.7 Å². The van der Waals surface area contributed by atoms with Crippen LogP contribution in [0.4, 0.5) is 0 Å². The molecule has 4 nitrogen and oxygen atoms in total. The molecule has 1 fully saturated rings. The molecule has 0 saturated carbocycles. The quantitative estimate of drug-likeness (QED) is 0.842. The van der Waals surface area contributed by atoms with Crippen LogP contribution in [0.1, 0.15) is 38.4 Å². The van der Waals surface area contributed by atoms with Crippen LogP contribution in [0.2, 0.25) is 0 Å². The van der Waals surface area contributed by atoms with Gasteiger partial charge in [0, 0.05) is 19.3 Å². The van der Waals surface area contributed by atoms with E-state index in [1.807, 2.05) is 24.9 Å². The highest BCUT2D eigenvalue weighted by Crippen LogP contribution is 2.21. The number of rotatable bonds is 2. The van der Waals surface area contributed by atoms with Gasteiger partial charge in [0.2, 0.25) is 5.91 Å². The van der Waals surface area contributed by atoms with Crippen LogP contribution in [0.15, 0.2) is 10.7 Å². The van der Waals surface area contributed by atoms with Crippen molar-refractivity contribution in [3.8, 4) is 0 Å². The predicted octanol–water partition coefficient (Wildman–Crippen LogP) is 2.77. The highest BCUT2D eigenvalue weighted by Gasteiger charge is 2.26. The topological polar surface area (TPSA) is 38.1 Å². The third-order valence-corrected chi connectivity index (χ3v) is 4.48. The third kappa shape index (κ3) is 2.76. The fraction of sp³-hybridized carbons (Fsp3) is 0.692. The molecule has 1 aliphatic heterocycles. The lowest BCUT2D eigenvalue weighted by atomic mass is 9.99. The molecular weight excluding hydrogens is 294 g/mol. The maximum absolute atomic E-state index is 12.4. The molecule has 5 heteroatoms. The molecule has 2 rings (SSSR count). The Morgan fingerprint density at radius 1 is 1.50 bits per heavy atom. The predicted molar refractivity (Wildman–Crippen MR) is 74.4 cm³/mol. The summed E-state index contributed by atoms with van der Waals surface area (Å²) >= 11 is 3.43. The SMILES string of the molecule is Cc1nn(C(C)C(=O)N2CCC(C)CC2)cc1Br. The lowest BCUT2D eigenvalue weighted by Gasteiger charge is -2.32. The van der Waals surface area contributed by atoms with Gasteiger partial charge in [-0.1, -0.05) is 6.92 Å². The van der Waals surface area contributed by atoms with E-state index in [-0.39, 0.29) is 11.9 Å². The van der Waals surface area contributed by atoms with Crippen molar-refractivity contribution in [3.63, 3.8) is 0 Å². The van der Waals surface area contributed by atoms with Crippen LogP contribution in [0.25, 0.3) is 0 Å². The number of likely N-dealkylation sites (tertiary alicyclic amines) is 1. The van der Waals surface area contributed by atoms with Gasteiger partial charge in [-0.15, -0.1) is 0 Å². The first-order valence-electron chi connectivity index (χ1n) is 6.49. The van der Waals surface area contributed by atoms with E-state index in [1.54, 1.807) is 4.68 Å². The Bertz CT molecular complexity index is 416. The largest absolute Gasteiger partial charge is 0.341 e. The second-order valence-electron chi connectivity index (χ2n) is 5.23. The Hall–Kier alpha value is -0.840. The summed E-state index contributed by atoms with van der Waals surface area (Å²) < 4.78 is 2.70. The van der Waals surface area contributed by atoms with Crippen molar-refractivity contribution in [3.05, 3.63) is 16.4 Å². The molecule has 0 aliphatic carbocycles. The summed E-state index contributed by atoms with van der Waals surface area (Å²) in [6, 6.07) is -0.219. The molecule has 0 radical (unpaired) electrons. The van der Waals surface area contributed by atoms with Crippen molar-refractivity contribution in [2.45, 2.75) is 39.7 Å². The van der Waals surface area contributed by atoms with Crippen LogP contribution in [-0.2, 0) is 4.79 Å². The number of carbonyl (C=O) groups is 1. The molecule has 0 spiro atoms. The molecule has 0 aromatic carbocycles. The van der Waals surface area contributed by atoms with Gasteiger partial charge >= 0.3 is 0 Å². The van der Waals surface area contributed by atoms with E-state index in [0.29, 0.717) is 0 Å². The highest BCUT2D eigenvalue weighted by molar-refractivity contribution is 9.10. The molecular formula is C13H20BrN3O. The summed E-state index contributed by atoms with van der Waals surface area (Å²) in [5.74, 6) is 0.919. The summed E-state index contributed by atoms with van der Waals surface area (Å²) in [4.78, 5) is 14.3. The van der Waals surface area contributed by atoms with Crippen molar-refractivity contribution >= 4 is 21.8 Å². The molecule has 100 valence electrons. The van der Waals surface area contributed by atoms with Crippen LogP contribution in [0, 0.1) is 12.8 Å². The molecule has 18 heavy (non-hydrogen) atoms. The van der Waals surface area contributed by atoms with Gasteiger partial charge in [0.25, 0.3) is 0 Å². The van der Waals surface area contributed by atoms with E-state index in [4.69, 9.17) is 0 Å². The van der Waals surface area contributed by atoms with E-state index in [0.717, 1.165) is 42.0 Å². The van der Waals surface area contributed by atoms with Gasteiger partial charge in [0.1, 0.15) is 6.04 Å². The highest BCUT2D eigenvalue weighted by atomic mass is 79.9. The second-order valence-corrected chi connectivity index (χ2v) is 6.08. The number of hydrogen-bond donors (Lipinski definition) is 0. The maximum atomic E-state index is 12.4. The number of nitrogens with zero attached hydrogens (tertiary/aromatic N) is 3. The number of aryl methyl sites for hydroxylation is 1. The molecule has 1 unspecified atom stereocenters. The Labute approximate surface area is 116 Å². The van der Waals surface area contributed by atoms with Crippen LogP contribution < -0.4 is 0 Å². The summed E-state index contributed by atoms with van der Waals surface area (Å²) in [5.41, 5.74) is 0.918. The van der Waals surface area contributed by atoms with Crippen LogP contribution >= 0.6 is 15.9 Å². The van der Waals surface area contributed by atoms with Gasteiger partial charge in [-0.25, -0.2) is 0 Å². The molecule has 0 bridgehead atoms. The van der Waals surface area contributed by atoms with Crippen molar-refractivity contribution in [1.29, 1.82) is 0 Å². The first-order chi connectivity index (χ1) is 8.49. The molecule has 1 amide bonds. The summed E-state index contributed by atoms with van der Waals surface area (Å²) in [6.45, 7) is 7.86. The third-order valence-electron chi connectivity index (χ3n) is 3.71. The van der Waals surface area contributed by atoms with Crippen molar-refractivity contribution in [2.24, 2.45) is 5.92 Å². The Balaban J connectivity index is 2.04. The number of piperidine rings is 1. The van der Waals surface area contributed by atoms with Crippen molar-refractivity contribution in [2.75, 3.05) is 13.1 Å². The van der Waals surface area contributed by atoms with Gasteiger partial charge in [-0.2, -0.15) is 5.10 Å². The van der Waals surface area contributed by atoms with E-state index >= 15 is 0 Å².